The molecule has 0 unspecified atom stereocenters. The van der Waals surface area contributed by atoms with Gasteiger partial charge in [-0.1, -0.05) is 0 Å². The van der Waals surface area contributed by atoms with E-state index in [9.17, 15) is 5.11 Å². The molecule has 4 N–H and O–H groups in total. The first kappa shape index (κ1) is 22.3. The molecule has 0 atom stereocenters. The highest BCUT2D eigenvalue weighted by Gasteiger charge is 2.16. The minimum atomic E-state index is -0.0727. The number of hydrogen-bond acceptors (Lipinski definition) is 10. The van der Waals surface area contributed by atoms with E-state index in [1.54, 1.807) is 14.2 Å². The molecule has 33 heavy (non-hydrogen) atoms. The number of hydrogen-bond donors (Lipinski definition) is 4. The molecule has 10 nitrogen and oxygen atoms in total. The van der Waals surface area contributed by atoms with Crippen LogP contribution in [0.4, 0.5) is 29.0 Å². The molecule has 0 aliphatic heterocycles. The Hall–Kier alpha value is -3.89. The summed E-state index contributed by atoms with van der Waals surface area (Å²) < 4.78 is 10.4. The minimum Gasteiger partial charge on any atom is -0.497 e. The predicted octanol–water partition coefficient (Wildman–Crippen LogP) is 3.98. The molecule has 0 fully saturated rings. The van der Waals surface area contributed by atoms with Crippen molar-refractivity contribution >= 4 is 51.6 Å². The molecule has 0 aliphatic carbocycles. The van der Waals surface area contributed by atoms with Gasteiger partial charge in [0.1, 0.15) is 22.5 Å². The van der Waals surface area contributed by atoms with E-state index < -0.39 is 0 Å². The van der Waals surface area contributed by atoms with Crippen molar-refractivity contribution in [3.05, 3.63) is 53.8 Å². The fraction of sp³-hybridized carbons (Fsp3) is 0.182. The molecule has 0 spiro atoms. The smallest absolute Gasteiger partial charge is 0.225 e. The normalized spacial score (nSPS) is 10.7. The third-order valence-electron chi connectivity index (χ3n) is 4.62. The number of nitrogens with zero attached hydrogens (tertiary/aromatic N) is 4. The van der Waals surface area contributed by atoms with Gasteiger partial charge in [0.2, 0.25) is 11.2 Å². The second kappa shape index (κ2) is 10.2. The molecule has 4 aromatic rings. The Bertz CT molecular complexity index is 1240. The number of aromatic nitrogens is 4. The molecule has 0 amide bonds. The van der Waals surface area contributed by atoms with Gasteiger partial charge in [-0.3, -0.25) is 0 Å². The summed E-state index contributed by atoms with van der Waals surface area (Å²) in [6.45, 7) is 0.208. The summed E-state index contributed by atoms with van der Waals surface area (Å²) in [6.07, 6.45) is 0. The van der Waals surface area contributed by atoms with E-state index in [2.05, 4.69) is 35.9 Å². The van der Waals surface area contributed by atoms with Crippen LogP contribution in [-0.2, 0) is 0 Å². The molecule has 2 aromatic carbocycles. The zero-order valence-corrected chi connectivity index (χ0v) is 18.7. The first-order chi connectivity index (χ1) is 16.1. The van der Waals surface area contributed by atoms with Crippen molar-refractivity contribution in [3.8, 4) is 11.5 Å². The Morgan fingerprint density at radius 3 is 1.79 bits per heavy atom. The Labute approximate surface area is 195 Å². The van der Waals surface area contributed by atoms with Gasteiger partial charge in [-0.05, 0) is 60.1 Å². The lowest BCUT2D eigenvalue weighted by molar-refractivity contribution is 0.311. The Morgan fingerprint density at radius 1 is 0.758 bits per heavy atom. The SMILES string of the molecule is COc1ccc(Nc2nc(NCCO)nc3c(Nc4ccc(OC)cc4)nc(Cl)nc23)cc1. The zero-order valence-electron chi connectivity index (χ0n) is 18.0. The summed E-state index contributed by atoms with van der Waals surface area (Å²) in [5.41, 5.74) is 2.40. The standard InChI is InChI=1S/C22H22ClN7O3/c1-32-15-7-3-13(4-8-15)25-19-18-17(27-21(23)29-19)20(30-22(28-18)24-11-12-31)26-14-5-9-16(33-2)10-6-14/h3-10,31H,11-12H2,1-2H3,(H,25,27,29)(H2,24,26,28,30). The molecular formula is C22H22ClN7O3. The van der Waals surface area contributed by atoms with E-state index in [1.807, 2.05) is 48.5 Å². The number of fused-ring (bicyclic) bond motifs is 1. The largest absolute Gasteiger partial charge is 0.497 e. The lowest BCUT2D eigenvalue weighted by Gasteiger charge is -2.14. The van der Waals surface area contributed by atoms with Crippen molar-refractivity contribution in [2.24, 2.45) is 0 Å². The monoisotopic (exact) mass is 467 g/mol. The Kier molecular flexibility index (Phi) is 6.86. The molecule has 0 saturated carbocycles. The lowest BCUT2D eigenvalue weighted by atomic mass is 10.2. The van der Waals surface area contributed by atoms with Crippen LogP contribution in [0, 0.1) is 0 Å². The summed E-state index contributed by atoms with van der Waals surface area (Å²) >= 11 is 6.24. The maximum atomic E-state index is 9.21. The highest BCUT2D eigenvalue weighted by molar-refractivity contribution is 6.29. The second-order valence-corrected chi connectivity index (χ2v) is 7.13. The molecule has 11 heteroatoms. The first-order valence-corrected chi connectivity index (χ1v) is 10.4. The van der Waals surface area contributed by atoms with Crippen molar-refractivity contribution in [3.63, 3.8) is 0 Å². The maximum absolute atomic E-state index is 9.21. The van der Waals surface area contributed by atoms with E-state index >= 15 is 0 Å². The number of benzene rings is 2. The van der Waals surface area contributed by atoms with Crippen LogP contribution in [0.3, 0.4) is 0 Å². The van der Waals surface area contributed by atoms with Crippen LogP contribution in [0.25, 0.3) is 11.0 Å². The fourth-order valence-electron chi connectivity index (χ4n) is 3.03. The van der Waals surface area contributed by atoms with E-state index in [4.69, 9.17) is 21.1 Å². The van der Waals surface area contributed by atoms with Gasteiger partial charge < -0.3 is 30.5 Å². The number of halogens is 1. The third-order valence-corrected chi connectivity index (χ3v) is 4.79. The minimum absolute atomic E-state index is 0.0379. The van der Waals surface area contributed by atoms with E-state index in [0.29, 0.717) is 28.6 Å². The van der Waals surface area contributed by atoms with Gasteiger partial charge in [-0.2, -0.15) is 9.97 Å². The number of aliphatic hydroxyl groups excluding tert-OH is 1. The molecule has 4 rings (SSSR count). The third kappa shape index (κ3) is 5.30. The van der Waals surface area contributed by atoms with Crippen molar-refractivity contribution in [1.82, 2.24) is 19.9 Å². The van der Waals surface area contributed by atoms with Gasteiger partial charge in [0, 0.05) is 17.9 Å². The van der Waals surface area contributed by atoms with E-state index in [-0.39, 0.29) is 18.4 Å². The van der Waals surface area contributed by atoms with Crippen molar-refractivity contribution in [1.29, 1.82) is 0 Å². The number of methoxy groups -OCH3 is 2. The van der Waals surface area contributed by atoms with E-state index in [1.165, 1.54) is 0 Å². The van der Waals surface area contributed by atoms with Crippen LogP contribution in [0.2, 0.25) is 5.28 Å². The number of ether oxygens (including phenoxy) is 2. The summed E-state index contributed by atoms with van der Waals surface area (Å²) in [5, 5.41) is 18.7. The van der Waals surface area contributed by atoms with Gasteiger partial charge in [0.05, 0.1) is 20.8 Å². The van der Waals surface area contributed by atoms with Crippen molar-refractivity contribution in [2.45, 2.75) is 0 Å². The first-order valence-electron chi connectivity index (χ1n) is 10.0. The number of rotatable bonds is 9. The highest BCUT2D eigenvalue weighted by Crippen LogP contribution is 2.31. The fourth-order valence-corrected chi connectivity index (χ4v) is 3.20. The molecule has 0 saturated heterocycles. The molecule has 0 bridgehead atoms. The molecule has 2 heterocycles. The highest BCUT2D eigenvalue weighted by atomic mass is 35.5. The van der Waals surface area contributed by atoms with Crippen LogP contribution >= 0.6 is 11.6 Å². The van der Waals surface area contributed by atoms with E-state index in [0.717, 1.165) is 22.9 Å². The lowest BCUT2D eigenvalue weighted by Crippen LogP contribution is -2.11. The number of anilines is 5. The topological polar surface area (TPSA) is 126 Å². The zero-order chi connectivity index (χ0) is 23.2. The van der Waals surface area contributed by atoms with Crippen LogP contribution in [0.5, 0.6) is 11.5 Å². The van der Waals surface area contributed by atoms with Crippen LogP contribution in [0.15, 0.2) is 48.5 Å². The summed E-state index contributed by atoms with van der Waals surface area (Å²) in [7, 11) is 3.21. The summed E-state index contributed by atoms with van der Waals surface area (Å²) in [6, 6.07) is 14.7. The maximum Gasteiger partial charge on any atom is 0.225 e. The molecular weight excluding hydrogens is 446 g/mol. The number of aliphatic hydroxyl groups is 1. The van der Waals surface area contributed by atoms with Crippen molar-refractivity contribution in [2.75, 3.05) is 43.3 Å². The van der Waals surface area contributed by atoms with Crippen LogP contribution in [-0.4, -0.2) is 52.4 Å². The predicted molar refractivity (Wildman–Crippen MR) is 128 cm³/mol. The average Bonchev–Trinajstić information content (AvgIpc) is 2.84. The van der Waals surface area contributed by atoms with Gasteiger partial charge in [0.25, 0.3) is 0 Å². The quantitative estimate of drug-likeness (QED) is 0.268. The van der Waals surface area contributed by atoms with Crippen molar-refractivity contribution < 1.29 is 14.6 Å². The second-order valence-electron chi connectivity index (χ2n) is 6.79. The molecule has 170 valence electrons. The molecule has 0 radical (unpaired) electrons. The number of nitrogens with one attached hydrogen (secondary N) is 3. The van der Waals surface area contributed by atoms with Gasteiger partial charge in [-0.25, -0.2) is 9.97 Å². The van der Waals surface area contributed by atoms with Gasteiger partial charge >= 0.3 is 0 Å². The van der Waals surface area contributed by atoms with Gasteiger partial charge in [-0.15, -0.1) is 0 Å². The summed E-state index contributed by atoms with van der Waals surface area (Å²) in [4.78, 5) is 17.8. The molecule has 0 aliphatic rings. The Morgan fingerprint density at radius 2 is 1.27 bits per heavy atom. The van der Waals surface area contributed by atoms with Crippen LogP contribution < -0.4 is 25.4 Å². The van der Waals surface area contributed by atoms with Gasteiger partial charge in [0.15, 0.2) is 11.6 Å². The summed E-state index contributed by atoms with van der Waals surface area (Å²) in [5.74, 6) is 2.59. The Balaban J connectivity index is 1.78. The average molecular weight is 468 g/mol. The van der Waals surface area contributed by atoms with Crippen LogP contribution in [0.1, 0.15) is 0 Å². The molecule has 2 aromatic heterocycles.